The molecule has 0 N–H and O–H groups in total. The van der Waals surface area contributed by atoms with E-state index in [0.29, 0.717) is 0 Å². The van der Waals surface area contributed by atoms with Gasteiger partial charge in [-0.3, -0.25) is 9.59 Å². The minimum Gasteiger partial charge on any atom is -0.461 e. The van der Waals surface area contributed by atoms with E-state index in [1.54, 1.807) is 0 Å². The average molecular weight is 485 g/mol. The Labute approximate surface area is 213 Å². The van der Waals surface area contributed by atoms with Gasteiger partial charge in [0.05, 0.1) is 5.92 Å². The van der Waals surface area contributed by atoms with E-state index >= 15 is 0 Å². The van der Waals surface area contributed by atoms with Crippen molar-refractivity contribution in [3.63, 3.8) is 0 Å². The van der Waals surface area contributed by atoms with Crippen molar-refractivity contribution < 1.29 is 19.1 Å². The second-order valence-electron chi connectivity index (χ2n) is 10.9. The Morgan fingerprint density at radius 3 is 2.14 bits per heavy atom. The minimum atomic E-state index is -0.469. The summed E-state index contributed by atoms with van der Waals surface area (Å²) in [6.45, 7) is 4.08. The number of cyclic esters (lactones) is 1. The smallest absolute Gasteiger partial charge is 0.313 e. The van der Waals surface area contributed by atoms with Gasteiger partial charge in [-0.1, -0.05) is 115 Å². The molecule has 3 rings (SSSR count). The van der Waals surface area contributed by atoms with Gasteiger partial charge in [0, 0.05) is 5.92 Å². The van der Waals surface area contributed by atoms with E-state index < -0.39 is 11.8 Å². The van der Waals surface area contributed by atoms with Crippen LogP contribution in [0, 0.1) is 11.8 Å². The lowest BCUT2D eigenvalue weighted by Crippen LogP contribution is -2.36. The summed E-state index contributed by atoms with van der Waals surface area (Å²) in [6, 6.07) is 10.4. The fraction of sp³-hybridized carbons (Fsp3) is 0.742. The number of esters is 2. The molecule has 1 aliphatic heterocycles. The molecule has 1 saturated carbocycles. The fourth-order valence-corrected chi connectivity index (χ4v) is 5.95. The van der Waals surface area contributed by atoms with Crippen molar-refractivity contribution in [1.29, 1.82) is 0 Å². The van der Waals surface area contributed by atoms with Gasteiger partial charge in [0.1, 0.15) is 18.1 Å². The summed E-state index contributed by atoms with van der Waals surface area (Å²) in [4.78, 5) is 25.7. The SMILES string of the molecule is CCCCCCCCCCCCC[C@@H]1OC(=O)[C@H](C)[C@@H]1C(=O)O[C@@H]1CCCC[C@H]1c1ccccc1. The maximum atomic E-state index is 13.3. The third kappa shape index (κ3) is 8.65. The number of rotatable bonds is 15. The van der Waals surface area contributed by atoms with Gasteiger partial charge in [-0.2, -0.15) is 0 Å². The lowest BCUT2D eigenvalue weighted by atomic mass is 9.81. The highest BCUT2D eigenvalue weighted by molar-refractivity contribution is 5.85. The second kappa shape index (κ2) is 15.3. The van der Waals surface area contributed by atoms with Crippen LogP contribution in [0.2, 0.25) is 0 Å². The van der Waals surface area contributed by atoms with Crippen LogP contribution >= 0.6 is 0 Å². The summed E-state index contributed by atoms with van der Waals surface area (Å²) in [5.41, 5.74) is 1.24. The standard InChI is InChI=1S/C31H48O4/c1-3-4-5-6-7-8-9-10-11-12-16-23-28-29(24(2)30(32)35-28)31(33)34-27-22-18-17-21-26(27)25-19-14-13-15-20-25/h13-15,19-20,24,26-29H,3-12,16-18,21-23H2,1-2H3/t24-,26+,27-,28+,29+/m1/s1. The molecule has 4 heteroatoms. The first-order valence-corrected chi connectivity index (χ1v) is 14.6. The van der Waals surface area contributed by atoms with Crippen LogP contribution in [-0.2, 0) is 19.1 Å². The molecule has 1 aromatic rings. The number of carbonyl (C=O) groups is 2. The first-order chi connectivity index (χ1) is 17.1. The van der Waals surface area contributed by atoms with E-state index in [-0.39, 0.29) is 30.1 Å². The number of hydrogen-bond acceptors (Lipinski definition) is 4. The Hall–Kier alpha value is -1.84. The average Bonchev–Trinajstić information content (AvgIpc) is 3.16. The molecule has 0 radical (unpaired) electrons. The molecule has 1 aromatic carbocycles. The Bertz CT molecular complexity index is 746. The number of ether oxygens (including phenoxy) is 2. The van der Waals surface area contributed by atoms with Crippen molar-refractivity contribution in [2.75, 3.05) is 0 Å². The maximum absolute atomic E-state index is 13.3. The number of benzene rings is 1. The Kier molecular flexibility index (Phi) is 12.1. The minimum absolute atomic E-state index is 0.107. The molecule has 1 aliphatic carbocycles. The molecule has 0 aromatic heterocycles. The van der Waals surface area contributed by atoms with Crippen LogP contribution in [0.3, 0.4) is 0 Å². The van der Waals surface area contributed by atoms with Crippen molar-refractivity contribution in [3.8, 4) is 0 Å². The summed E-state index contributed by atoms with van der Waals surface area (Å²) < 4.78 is 11.8. The molecule has 2 fully saturated rings. The van der Waals surface area contributed by atoms with Gasteiger partial charge >= 0.3 is 11.9 Å². The number of unbranched alkanes of at least 4 members (excludes halogenated alkanes) is 10. The van der Waals surface area contributed by atoms with Gasteiger partial charge in [0.15, 0.2) is 0 Å². The van der Waals surface area contributed by atoms with Gasteiger partial charge < -0.3 is 9.47 Å². The normalized spacial score (nSPS) is 26.5. The highest BCUT2D eigenvalue weighted by atomic mass is 16.6. The monoisotopic (exact) mass is 484 g/mol. The Morgan fingerprint density at radius 1 is 0.886 bits per heavy atom. The zero-order valence-corrected chi connectivity index (χ0v) is 22.2. The molecule has 35 heavy (non-hydrogen) atoms. The van der Waals surface area contributed by atoms with Crippen molar-refractivity contribution in [2.45, 2.75) is 135 Å². The van der Waals surface area contributed by atoms with E-state index in [0.717, 1.165) is 44.9 Å². The van der Waals surface area contributed by atoms with Gasteiger partial charge in [-0.15, -0.1) is 0 Å². The largest absolute Gasteiger partial charge is 0.461 e. The van der Waals surface area contributed by atoms with Crippen LogP contribution < -0.4 is 0 Å². The van der Waals surface area contributed by atoms with Crippen LogP contribution in [0.15, 0.2) is 30.3 Å². The molecule has 1 saturated heterocycles. The zero-order valence-electron chi connectivity index (χ0n) is 22.2. The van der Waals surface area contributed by atoms with E-state index in [4.69, 9.17) is 9.47 Å². The molecule has 196 valence electrons. The van der Waals surface area contributed by atoms with E-state index in [1.165, 1.54) is 63.4 Å². The maximum Gasteiger partial charge on any atom is 0.313 e. The second-order valence-corrected chi connectivity index (χ2v) is 10.9. The lowest BCUT2D eigenvalue weighted by Gasteiger charge is -2.33. The predicted molar refractivity (Wildman–Crippen MR) is 141 cm³/mol. The van der Waals surface area contributed by atoms with Gasteiger partial charge in [-0.05, 0) is 37.7 Å². The zero-order chi connectivity index (χ0) is 24.9. The van der Waals surface area contributed by atoms with Crippen molar-refractivity contribution in [2.24, 2.45) is 11.8 Å². The molecule has 0 spiro atoms. The van der Waals surface area contributed by atoms with E-state index in [2.05, 4.69) is 31.2 Å². The molecule has 0 amide bonds. The molecular formula is C31H48O4. The van der Waals surface area contributed by atoms with Gasteiger partial charge in [0.25, 0.3) is 0 Å². The highest BCUT2D eigenvalue weighted by Crippen LogP contribution is 2.38. The topological polar surface area (TPSA) is 52.6 Å². The summed E-state index contributed by atoms with van der Waals surface area (Å²) in [5.74, 6) is -1.12. The molecule has 5 atom stereocenters. The van der Waals surface area contributed by atoms with Crippen LogP contribution in [0.25, 0.3) is 0 Å². The molecule has 2 aliphatic rings. The summed E-state index contributed by atoms with van der Waals surface area (Å²) in [6.07, 6.45) is 18.6. The Morgan fingerprint density at radius 2 is 1.49 bits per heavy atom. The van der Waals surface area contributed by atoms with Crippen LogP contribution in [0.4, 0.5) is 0 Å². The van der Waals surface area contributed by atoms with Crippen molar-refractivity contribution in [3.05, 3.63) is 35.9 Å². The molecule has 4 nitrogen and oxygen atoms in total. The highest BCUT2D eigenvalue weighted by Gasteiger charge is 2.47. The summed E-state index contributed by atoms with van der Waals surface area (Å²) in [5, 5.41) is 0. The fourth-order valence-electron chi connectivity index (χ4n) is 5.95. The van der Waals surface area contributed by atoms with Crippen LogP contribution in [0.1, 0.15) is 128 Å². The first kappa shape index (κ1) is 27.7. The first-order valence-electron chi connectivity index (χ1n) is 14.6. The van der Waals surface area contributed by atoms with Gasteiger partial charge in [-0.25, -0.2) is 0 Å². The van der Waals surface area contributed by atoms with Gasteiger partial charge in [0.2, 0.25) is 0 Å². The lowest BCUT2D eigenvalue weighted by molar-refractivity contribution is -0.159. The number of hydrogen-bond donors (Lipinski definition) is 0. The third-order valence-electron chi connectivity index (χ3n) is 8.14. The molecule has 1 heterocycles. The molecule has 0 unspecified atom stereocenters. The van der Waals surface area contributed by atoms with Crippen molar-refractivity contribution in [1.82, 2.24) is 0 Å². The molecule has 0 bridgehead atoms. The van der Waals surface area contributed by atoms with Crippen molar-refractivity contribution >= 4 is 11.9 Å². The third-order valence-corrected chi connectivity index (χ3v) is 8.14. The number of carbonyl (C=O) groups excluding carboxylic acids is 2. The van der Waals surface area contributed by atoms with Crippen LogP contribution in [0.5, 0.6) is 0 Å². The van der Waals surface area contributed by atoms with E-state index in [9.17, 15) is 9.59 Å². The summed E-state index contributed by atoms with van der Waals surface area (Å²) >= 11 is 0. The predicted octanol–water partition coefficient (Wildman–Crippen LogP) is 8.13. The van der Waals surface area contributed by atoms with Crippen LogP contribution in [-0.4, -0.2) is 24.1 Å². The Balaban J connectivity index is 1.41. The quantitative estimate of drug-likeness (QED) is 0.186. The van der Waals surface area contributed by atoms with E-state index in [1.807, 2.05) is 13.0 Å². The summed E-state index contributed by atoms with van der Waals surface area (Å²) in [7, 11) is 0. The molecular weight excluding hydrogens is 436 g/mol.